The number of amides is 1. The third kappa shape index (κ3) is 2.66. The zero-order valence-electron chi connectivity index (χ0n) is 12.1. The average Bonchev–Trinajstić information content (AvgIpc) is 2.89. The largest absolute Gasteiger partial charge is 0.506 e. The number of phenols is 1. The minimum Gasteiger partial charge on any atom is -0.506 e. The number of fused-ring (bicyclic) bond motifs is 3. The number of thiophene rings is 1. The molecule has 3 N–H and O–H groups in total. The van der Waals surface area contributed by atoms with E-state index < -0.39 is 6.17 Å². The lowest BCUT2D eigenvalue weighted by molar-refractivity contribution is 0.0935. The molecule has 0 spiro atoms. The van der Waals surface area contributed by atoms with Crippen LogP contribution >= 0.6 is 49.9 Å². The van der Waals surface area contributed by atoms with E-state index >= 15 is 0 Å². The van der Waals surface area contributed by atoms with Crippen LogP contribution in [0.1, 0.15) is 45.4 Å². The third-order valence-electron chi connectivity index (χ3n) is 4.32. The lowest BCUT2D eigenvalue weighted by Gasteiger charge is -2.27. The molecule has 4 nitrogen and oxygen atoms in total. The molecule has 23 heavy (non-hydrogen) atoms. The highest BCUT2D eigenvalue weighted by Gasteiger charge is 2.33. The number of benzene rings is 1. The highest BCUT2D eigenvalue weighted by atomic mass is 127. The predicted molar refractivity (Wildman–Crippen MR) is 103 cm³/mol. The van der Waals surface area contributed by atoms with Crippen LogP contribution in [0.2, 0.25) is 0 Å². The lowest BCUT2D eigenvalue weighted by atomic mass is 9.94. The molecule has 0 saturated heterocycles. The lowest BCUT2D eigenvalue weighted by Crippen LogP contribution is -2.38. The molecule has 2 aliphatic rings. The summed E-state index contributed by atoms with van der Waals surface area (Å²) in [5, 5.41) is 17.7. The Kier molecular flexibility index (Phi) is 4.05. The Morgan fingerprint density at radius 2 is 2.04 bits per heavy atom. The Balaban J connectivity index is 1.76. The van der Waals surface area contributed by atoms with Gasteiger partial charge < -0.3 is 15.7 Å². The van der Waals surface area contributed by atoms with Crippen LogP contribution in [0.15, 0.2) is 16.6 Å². The monoisotopic (exact) mass is 504 g/mol. The van der Waals surface area contributed by atoms with E-state index in [4.69, 9.17) is 0 Å². The average molecular weight is 505 g/mol. The zero-order valence-corrected chi connectivity index (χ0v) is 16.6. The molecule has 1 aliphatic carbocycles. The summed E-state index contributed by atoms with van der Waals surface area (Å²) in [5.41, 5.74) is 2.70. The van der Waals surface area contributed by atoms with E-state index in [0.29, 0.717) is 5.56 Å². The Hall–Kier alpha value is -0.800. The van der Waals surface area contributed by atoms with E-state index in [-0.39, 0.29) is 11.7 Å². The molecule has 1 aromatic heterocycles. The van der Waals surface area contributed by atoms with Crippen molar-refractivity contribution < 1.29 is 9.90 Å². The van der Waals surface area contributed by atoms with Crippen LogP contribution < -0.4 is 10.6 Å². The number of hydrogen-bond donors (Lipinski definition) is 3. The number of phenolic OH excluding ortho intramolecular Hbond substituents is 1. The maximum absolute atomic E-state index is 12.6. The second-order valence-electron chi connectivity index (χ2n) is 5.79. The SMILES string of the molecule is O=C1NC(c2cc(Br)cc(I)c2O)Nc2sc3c(c21)CCCC3. The molecule has 2 aromatic rings. The van der Waals surface area contributed by atoms with Crippen LogP contribution in [-0.4, -0.2) is 11.0 Å². The fourth-order valence-electron chi connectivity index (χ4n) is 3.24. The van der Waals surface area contributed by atoms with Crippen molar-refractivity contribution in [2.24, 2.45) is 0 Å². The van der Waals surface area contributed by atoms with E-state index in [2.05, 4.69) is 49.2 Å². The molecule has 120 valence electrons. The Morgan fingerprint density at radius 1 is 1.26 bits per heavy atom. The summed E-state index contributed by atoms with van der Waals surface area (Å²) in [6.07, 6.45) is 3.98. The van der Waals surface area contributed by atoms with E-state index in [1.807, 2.05) is 12.1 Å². The van der Waals surface area contributed by atoms with E-state index in [1.165, 1.54) is 16.9 Å². The third-order valence-corrected chi connectivity index (χ3v) is 6.82. The van der Waals surface area contributed by atoms with Crippen molar-refractivity contribution in [3.05, 3.63) is 41.7 Å². The Bertz CT molecular complexity index is 821. The molecule has 0 saturated carbocycles. The van der Waals surface area contributed by atoms with Crippen molar-refractivity contribution in [1.29, 1.82) is 0 Å². The van der Waals surface area contributed by atoms with Gasteiger partial charge in [0.15, 0.2) is 0 Å². The van der Waals surface area contributed by atoms with Crippen molar-refractivity contribution in [2.45, 2.75) is 31.8 Å². The van der Waals surface area contributed by atoms with Gasteiger partial charge in [-0.25, -0.2) is 0 Å². The number of nitrogens with one attached hydrogen (secondary N) is 2. The van der Waals surface area contributed by atoms with Gasteiger partial charge in [-0.15, -0.1) is 11.3 Å². The van der Waals surface area contributed by atoms with E-state index in [9.17, 15) is 9.90 Å². The van der Waals surface area contributed by atoms with Gasteiger partial charge in [-0.1, -0.05) is 15.9 Å². The van der Waals surface area contributed by atoms with Crippen LogP contribution in [-0.2, 0) is 12.8 Å². The molecule has 2 heterocycles. The van der Waals surface area contributed by atoms with Crippen LogP contribution in [0, 0.1) is 3.57 Å². The Labute approximate surface area is 159 Å². The summed E-state index contributed by atoms with van der Waals surface area (Å²) in [4.78, 5) is 14.0. The Morgan fingerprint density at radius 3 is 2.87 bits per heavy atom. The number of rotatable bonds is 1. The molecule has 0 radical (unpaired) electrons. The summed E-state index contributed by atoms with van der Waals surface area (Å²) < 4.78 is 1.63. The molecule has 1 aromatic carbocycles. The van der Waals surface area contributed by atoms with Gasteiger partial charge in [-0.3, -0.25) is 4.79 Å². The number of halogens is 2. The van der Waals surface area contributed by atoms with Crippen LogP contribution in [0.4, 0.5) is 5.00 Å². The van der Waals surface area contributed by atoms with Gasteiger partial charge in [0.2, 0.25) is 0 Å². The van der Waals surface area contributed by atoms with Crippen LogP contribution in [0.3, 0.4) is 0 Å². The molecule has 1 atom stereocenters. The van der Waals surface area contributed by atoms with Crippen molar-refractivity contribution >= 4 is 60.8 Å². The van der Waals surface area contributed by atoms with E-state index in [0.717, 1.165) is 37.9 Å². The molecule has 4 rings (SSSR count). The molecule has 1 unspecified atom stereocenters. The maximum atomic E-state index is 12.6. The summed E-state index contributed by atoms with van der Waals surface area (Å²) in [6, 6.07) is 3.69. The van der Waals surface area contributed by atoms with Crippen molar-refractivity contribution in [3.8, 4) is 5.75 Å². The number of carbonyl (C=O) groups excluding carboxylic acids is 1. The molecule has 0 fully saturated rings. The topological polar surface area (TPSA) is 61.4 Å². The minimum atomic E-state index is -0.416. The van der Waals surface area contributed by atoms with Crippen LogP contribution in [0.25, 0.3) is 0 Å². The zero-order chi connectivity index (χ0) is 16.1. The van der Waals surface area contributed by atoms with E-state index in [1.54, 1.807) is 11.3 Å². The standard InChI is InChI=1S/C16H14BrIN2O2S/c17-7-5-9(13(21)10(18)6-7)14-19-15(22)12-8-3-1-2-4-11(8)23-16(12)20-14/h5-6,14,20-21H,1-4H2,(H,19,22). The maximum Gasteiger partial charge on any atom is 0.256 e. The normalized spacial score (nSPS) is 19.6. The molecular weight excluding hydrogens is 491 g/mol. The van der Waals surface area contributed by atoms with Gasteiger partial charge in [0.05, 0.1) is 9.13 Å². The highest BCUT2D eigenvalue weighted by Crippen LogP contribution is 2.43. The second-order valence-corrected chi connectivity index (χ2v) is 8.97. The van der Waals surface area contributed by atoms with Gasteiger partial charge in [0.1, 0.15) is 16.9 Å². The number of carbonyl (C=O) groups is 1. The first kappa shape index (κ1) is 15.7. The quantitative estimate of drug-likeness (QED) is 0.499. The van der Waals surface area contributed by atoms with Crippen molar-refractivity contribution in [1.82, 2.24) is 5.32 Å². The van der Waals surface area contributed by atoms with Crippen molar-refractivity contribution in [3.63, 3.8) is 0 Å². The first-order chi connectivity index (χ1) is 11.0. The van der Waals surface area contributed by atoms with Gasteiger partial charge >= 0.3 is 0 Å². The molecule has 1 aliphatic heterocycles. The number of aromatic hydroxyl groups is 1. The molecule has 1 amide bonds. The molecule has 7 heteroatoms. The van der Waals surface area contributed by atoms with Gasteiger partial charge in [0, 0.05) is 14.9 Å². The molecular formula is C16H14BrIN2O2S. The summed E-state index contributed by atoms with van der Waals surface area (Å²) >= 11 is 7.23. The second kappa shape index (κ2) is 5.93. The van der Waals surface area contributed by atoms with Crippen LogP contribution in [0.5, 0.6) is 5.75 Å². The molecule has 0 bridgehead atoms. The van der Waals surface area contributed by atoms with Crippen molar-refractivity contribution in [2.75, 3.05) is 5.32 Å². The fourth-order valence-corrected chi connectivity index (χ4v) is 6.10. The predicted octanol–water partition coefficient (Wildman–Crippen LogP) is 4.55. The number of hydrogen-bond acceptors (Lipinski definition) is 4. The summed E-state index contributed by atoms with van der Waals surface area (Å²) in [5.74, 6) is 0.161. The number of anilines is 1. The first-order valence-corrected chi connectivity index (χ1v) is 10.1. The summed E-state index contributed by atoms with van der Waals surface area (Å²) in [7, 11) is 0. The fraction of sp³-hybridized carbons (Fsp3) is 0.312. The first-order valence-electron chi connectivity index (χ1n) is 7.44. The summed E-state index contributed by atoms with van der Waals surface area (Å²) in [6.45, 7) is 0. The minimum absolute atomic E-state index is 0.0440. The highest BCUT2D eigenvalue weighted by molar-refractivity contribution is 14.1. The smallest absolute Gasteiger partial charge is 0.256 e. The van der Waals surface area contributed by atoms with Gasteiger partial charge in [-0.05, 0) is 66.0 Å². The van der Waals surface area contributed by atoms with Gasteiger partial charge in [0.25, 0.3) is 5.91 Å². The van der Waals surface area contributed by atoms with Gasteiger partial charge in [-0.2, -0.15) is 0 Å². The number of aryl methyl sites for hydroxylation is 1.